The zero-order valence-corrected chi connectivity index (χ0v) is 15.5. The number of benzene rings is 1. The number of nitrogens with zero attached hydrogens (tertiary/aromatic N) is 4. The van der Waals surface area contributed by atoms with E-state index in [0.717, 1.165) is 5.56 Å². The molecule has 0 radical (unpaired) electrons. The number of carbonyl (C=O) groups excluding carboxylic acids is 2. The average molecular weight is 384 g/mol. The average Bonchev–Trinajstić information content (AvgIpc) is 3.17. The van der Waals surface area contributed by atoms with E-state index >= 15 is 0 Å². The number of carbonyl (C=O) groups is 2. The molecule has 0 spiro atoms. The van der Waals surface area contributed by atoms with E-state index in [1.807, 2.05) is 6.07 Å². The van der Waals surface area contributed by atoms with Crippen LogP contribution in [0.15, 0.2) is 35.1 Å². The molecule has 1 saturated heterocycles. The van der Waals surface area contributed by atoms with Crippen molar-refractivity contribution in [3.63, 3.8) is 0 Å². The van der Waals surface area contributed by atoms with Crippen LogP contribution >= 0.6 is 0 Å². The second-order valence-electron chi connectivity index (χ2n) is 6.67. The minimum atomic E-state index is -0.347. The molecule has 1 fully saturated rings. The van der Waals surface area contributed by atoms with Gasteiger partial charge in [-0.25, -0.2) is 4.68 Å². The number of fused-ring (bicyclic) bond motifs is 1. The lowest BCUT2D eigenvalue weighted by Gasteiger charge is -2.34. The number of rotatable bonds is 3. The van der Waals surface area contributed by atoms with Gasteiger partial charge in [-0.15, -0.1) is 0 Å². The van der Waals surface area contributed by atoms with E-state index in [1.54, 1.807) is 28.0 Å². The Bertz CT molecular complexity index is 979. The number of hydrogen-bond acceptors (Lipinski definition) is 6. The molecule has 2 amide bonds. The van der Waals surface area contributed by atoms with E-state index in [4.69, 9.17) is 9.47 Å². The monoisotopic (exact) mass is 384 g/mol. The number of amides is 2. The molecule has 0 saturated carbocycles. The number of ether oxygens (including phenoxy) is 2. The summed E-state index contributed by atoms with van der Waals surface area (Å²) in [4.78, 5) is 39.5. The van der Waals surface area contributed by atoms with Crippen LogP contribution in [0.1, 0.15) is 6.92 Å². The fourth-order valence-electron chi connectivity index (χ4n) is 3.27. The summed E-state index contributed by atoms with van der Waals surface area (Å²) in [7, 11) is 0. The van der Waals surface area contributed by atoms with Gasteiger partial charge >= 0.3 is 0 Å². The number of hydrogen-bond donors (Lipinski definition) is 0. The van der Waals surface area contributed by atoms with E-state index in [9.17, 15) is 14.4 Å². The van der Waals surface area contributed by atoms with E-state index in [0.29, 0.717) is 43.4 Å². The lowest BCUT2D eigenvalue weighted by molar-refractivity contribution is -0.139. The lowest BCUT2D eigenvalue weighted by atomic mass is 10.1. The molecule has 146 valence electrons. The third-order valence-corrected chi connectivity index (χ3v) is 4.90. The molecule has 0 N–H and O–H groups in total. The molecule has 4 rings (SSSR count). The van der Waals surface area contributed by atoms with Gasteiger partial charge in [-0.1, -0.05) is 0 Å². The van der Waals surface area contributed by atoms with Gasteiger partial charge in [-0.2, -0.15) is 5.10 Å². The van der Waals surface area contributed by atoms with Gasteiger partial charge in [0, 0.05) is 44.7 Å². The Morgan fingerprint density at radius 2 is 1.71 bits per heavy atom. The minimum Gasteiger partial charge on any atom is -0.454 e. The maximum Gasteiger partial charge on any atom is 0.267 e. The molecule has 2 aromatic rings. The molecule has 0 unspecified atom stereocenters. The molecular weight excluding hydrogens is 364 g/mol. The molecule has 28 heavy (non-hydrogen) atoms. The van der Waals surface area contributed by atoms with Crippen LogP contribution in [0.4, 0.5) is 0 Å². The van der Waals surface area contributed by atoms with Gasteiger partial charge in [-0.3, -0.25) is 14.4 Å². The Hall–Kier alpha value is -3.36. The van der Waals surface area contributed by atoms with Gasteiger partial charge in [-0.05, 0) is 24.3 Å². The fourth-order valence-corrected chi connectivity index (χ4v) is 3.27. The van der Waals surface area contributed by atoms with Crippen molar-refractivity contribution in [3.8, 4) is 22.8 Å². The molecule has 0 atom stereocenters. The van der Waals surface area contributed by atoms with Crippen LogP contribution in [0, 0.1) is 0 Å². The highest BCUT2D eigenvalue weighted by atomic mass is 16.7. The van der Waals surface area contributed by atoms with Crippen molar-refractivity contribution < 1.29 is 19.1 Å². The first kappa shape index (κ1) is 18.0. The van der Waals surface area contributed by atoms with Crippen LogP contribution in [0.25, 0.3) is 11.3 Å². The van der Waals surface area contributed by atoms with Crippen molar-refractivity contribution >= 4 is 11.8 Å². The van der Waals surface area contributed by atoms with E-state index in [1.165, 1.54) is 17.7 Å². The highest BCUT2D eigenvalue weighted by Gasteiger charge is 2.23. The SMILES string of the molecule is CC(=O)N1CCN(C(=O)Cn2nc(-c3ccc4c(c3)OCO4)ccc2=O)CC1. The molecule has 1 aromatic heterocycles. The highest BCUT2D eigenvalue weighted by Crippen LogP contribution is 2.35. The highest BCUT2D eigenvalue weighted by molar-refractivity contribution is 5.77. The summed E-state index contributed by atoms with van der Waals surface area (Å²) in [6, 6.07) is 8.42. The first-order valence-corrected chi connectivity index (χ1v) is 9.03. The Labute approximate surface area is 161 Å². The second-order valence-corrected chi connectivity index (χ2v) is 6.67. The minimum absolute atomic E-state index is 0.00131. The van der Waals surface area contributed by atoms with E-state index < -0.39 is 0 Å². The topological polar surface area (TPSA) is 94.0 Å². The number of aromatic nitrogens is 2. The van der Waals surface area contributed by atoms with Gasteiger partial charge in [0.1, 0.15) is 6.54 Å². The van der Waals surface area contributed by atoms with Crippen molar-refractivity contribution in [2.24, 2.45) is 0 Å². The van der Waals surface area contributed by atoms with Crippen LogP contribution in [-0.4, -0.2) is 64.4 Å². The lowest BCUT2D eigenvalue weighted by Crippen LogP contribution is -2.51. The van der Waals surface area contributed by atoms with Gasteiger partial charge in [0.2, 0.25) is 18.6 Å². The second kappa shape index (κ2) is 7.34. The van der Waals surface area contributed by atoms with Gasteiger partial charge in [0.15, 0.2) is 11.5 Å². The Kier molecular flexibility index (Phi) is 4.72. The van der Waals surface area contributed by atoms with Gasteiger partial charge in [0.05, 0.1) is 5.69 Å². The maximum atomic E-state index is 12.6. The summed E-state index contributed by atoms with van der Waals surface area (Å²) in [5.74, 6) is 1.09. The molecule has 2 aliphatic rings. The van der Waals surface area contributed by atoms with Crippen LogP contribution in [-0.2, 0) is 16.1 Å². The van der Waals surface area contributed by atoms with E-state index in [2.05, 4.69) is 5.10 Å². The summed E-state index contributed by atoms with van der Waals surface area (Å²) in [6.45, 7) is 3.46. The largest absolute Gasteiger partial charge is 0.454 e. The molecule has 0 bridgehead atoms. The quantitative estimate of drug-likeness (QED) is 0.757. The molecule has 1 aromatic carbocycles. The maximum absolute atomic E-state index is 12.6. The Morgan fingerprint density at radius 1 is 1.00 bits per heavy atom. The summed E-state index contributed by atoms with van der Waals surface area (Å²) in [5.41, 5.74) is 0.979. The van der Waals surface area contributed by atoms with Crippen LogP contribution in [0.3, 0.4) is 0 Å². The summed E-state index contributed by atoms with van der Waals surface area (Å²) >= 11 is 0. The zero-order chi connectivity index (χ0) is 19.7. The third kappa shape index (κ3) is 3.55. The molecule has 9 heteroatoms. The molecular formula is C19H20N4O5. The van der Waals surface area contributed by atoms with Crippen molar-refractivity contribution in [2.75, 3.05) is 33.0 Å². The summed E-state index contributed by atoms with van der Waals surface area (Å²) in [5, 5.41) is 4.34. The smallest absolute Gasteiger partial charge is 0.267 e. The normalized spacial score (nSPS) is 15.6. The van der Waals surface area contributed by atoms with E-state index in [-0.39, 0.29) is 30.7 Å². The molecule has 2 aliphatic heterocycles. The Balaban J connectivity index is 1.49. The predicted molar refractivity (Wildman–Crippen MR) is 98.9 cm³/mol. The van der Waals surface area contributed by atoms with Crippen LogP contribution < -0.4 is 15.0 Å². The summed E-state index contributed by atoms with van der Waals surface area (Å²) in [6.07, 6.45) is 0. The van der Waals surface area contributed by atoms with Crippen LogP contribution in [0.5, 0.6) is 11.5 Å². The fraction of sp³-hybridized carbons (Fsp3) is 0.368. The van der Waals surface area contributed by atoms with Gasteiger partial charge in [0.25, 0.3) is 5.56 Å². The third-order valence-electron chi connectivity index (χ3n) is 4.90. The van der Waals surface area contributed by atoms with Crippen LogP contribution in [0.2, 0.25) is 0 Å². The molecule has 3 heterocycles. The van der Waals surface area contributed by atoms with Crippen molar-refractivity contribution in [1.82, 2.24) is 19.6 Å². The zero-order valence-electron chi connectivity index (χ0n) is 15.5. The Morgan fingerprint density at radius 3 is 2.46 bits per heavy atom. The van der Waals surface area contributed by atoms with Crippen molar-refractivity contribution in [1.29, 1.82) is 0 Å². The van der Waals surface area contributed by atoms with Crippen molar-refractivity contribution in [3.05, 3.63) is 40.7 Å². The summed E-state index contributed by atoms with van der Waals surface area (Å²) < 4.78 is 11.8. The predicted octanol–water partition coefficient (Wildman–Crippen LogP) is 0.330. The van der Waals surface area contributed by atoms with Gasteiger partial charge < -0.3 is 19.3 Å². The van der Waals surface area contributed by atoms with Crippen molar-refractivity contribution in [2.45, 2.75) is 13.5 Å². The molecule has 0 aliphatic carbocycles. The number of piperazine rings is 1. The molecule has 9 nitrogen and oxygen atoms in total. The first-order chi connectivity index (χ1) is 13.5. The first-order valence-electron chi connectivity index (χ1n) is 9.03. The standard InChI is InChI=1S/C19H20N4O5/c1-13(24)21-6-8-22(9-7-21)19(26)11-23-18(25)5-3-15(20-23)14-2-4-16-17(10-14)28-12-27-16/h2-5,10H,6-9,11-12H2,1H3.